The second-order valence-corrected chi connectivity index (χ2v) is 5.22. The highest BCUT2D eigenvalue weighted by Gasteiger charge is 2.23. The van der Waals surface area contributed by atoms with E-state index in [1.54, 1.807) is 0 Å². The van der Waals surface area contributed by atoms with Gasteiger partial charge in [-0.1, -0.05) is 0 Å². The fourth-order valence-corrected chi connectivity index (χ4v) is 3.01. The van der Waals surface area contributed by atoms with Gasteiger partial charge in [0.05, 0.1) is 18.4 Å². The molecule has 1 atom stereocenters. The van der Waals surface area contributed by atoms with Crippen molar-refractivity contribution in [3.8, 4) is 0 Å². The highest BCUT2D eigenvalue weighted by molar-refractivity contribution is 7.98. The van der Waals surface area contributed by atoms with Gasteiger partial charge in [-0.15, -0.1) is 10.2 Å². The zero-order valence-corrected chi connectivity index (χ0v) is 10.0. The van der Waals surface area contributed by atoms with Crippen molar-refractivity contribution in [1.29, 1.82) is 0 Å². The SMILES string of the molecule is C1CNC(c2nnc3n2CCSC3)COC1. The molecular weight excluding hydrogens is 224 g/mol. The summed E-state index contributed by atoms with van der Waals surface area (Å²) in [5.41, 5.74) is 0. The molecule has 0 bridgehead atoms. The van der Waals surface area contributed by atoms with E-state index in [1.807, 2.05) is 11.8 Å². The normalized spacial score (nSPS) is 26.1. The molecule has 16 heavy (non-hydrogen) atoms. The molecule has 1 fully saturated rings. The van der Waals surface area contributed by atoms with Crippen molar-refractivity contribution in [2.24, 2.45) is 0 Å². The minimum Gasteiger partial charge on any atom is -0.379 e. The fourth-order valence-electron chi connectivity index (χ4n) is 2.15. The molecule has 1 N–H and O–H groups in total. The lowest BCUT2D eigenvalue weighted by Gasteiger charge is -2.19. The van der Waals surface area contributed by atoms with Gasteiger partial charge in [-0.3, -0.25) is 0 Å². The maximum atomic E-state index is 5.57. The number of nitrogens with one attached hydrogen (secondary N) is 1. The van der Waals surface area contributed by atoms with Gasteiger partial charge in [0.1, 0.15) is 5.82 Å². The second-order valence-electron chi connectivity index (χ2n) is 4.11. The van der Waals surface area contributed by atoms with Gasteiger partial charge in [0, 0.05) is 18.9 Å². The summed E-state index contributed by atoms with van der Waals surface area (Å²) < 4.78 is 7.83. The van der Waals surface area contributed by atoms with Crippen molar-refractivity contribution in [3.63, 3.8) is 0 Å². The molecule has 1 aromatic heterocycles. The third-order valence-electron chi connectivity index (χ3n) is 3.00. The Labute approximate surface area is 99.0 Å². The third kappa shape index (κ3) is 1.97. The molecule has 1 unspecified atom stereocenters. The van der Waals surface area contributed by atoms with Gasteiger partial charge < -0.3 is 14.6 Å². The Morgan fingerprint density at radius 3 is 3.44 bits per heavy atom. The van der Waals surface area contributed by atoms with Crippen LogP contribution in [0, 0.1) is 0 Å². The third-order valence-corrected chi connectivity index (χ3v) is 3.93. The molecule has 3 rings (SSSR count). The molecule has 0 saturated carbocycles. The Kier molecular flexibility index (Phi) is 3.12. The van der Waals surface area contributed by atoms with Crippen molar-refractivity contribution in [1.82, 2.24) is 20.1 Å². The van der Waals surface area contributed by atoms with Crippen LogP contribution in [0.4, 0.5) is 0 Å². The van der Waals surface area contributed by atoms with Gasteiger partial charge in [-0.2, -0.15) is 11.8 Å². The number of aromatic nitrogens is 3. The summed E-state index contributed by atoms with van der Waals surface area (Å²) in [6.07, 6.45) is 1.08. The first-order valence-corrected chi connectivity index (χ1v) is 6.91. The average Bonchev–Trinajstić information content (AvgIpc) is 2.57. The molecular formula is C10H16N4OS. The molecule has 2 aliphatic rings. The van der Waals surface area contributed by atoms with E-state index in [2.05, 4.69) is 20.1 Å². The maximum Gasteiger partial charge on any atom is 0.152 e. The first-order valence-electron chi connectivity index (χ1n) is 5.76. The summed E-state index contributed by atoms with van der Waals surface area (Å²) in [6, 6.07) is 0.215. The van der Waals surface area contributed by atoms with Crippen LogP contribution < -0.4 is 5.32 Å². The van der Waals surface area contributed by atoms with Gasteiger partial charge in [-0.05, 0) is 13.0 Å². The predicted molar refractivity (Wildman–Crippen MR) is 62.4 cm³/mol. The number of rotatable bonds is 1. The van der Waals surface area contributed by atoms with Crippen molar-refractivity contribution in [3.05, 3.63) is 11.6 Å². The van der Waals surface area contributed by atoms with Crippen molar-refractivity contribution in [2.45, 2.75) is 24.8 Å². The van der Waals surface area contributed by atoms with E-state index in [0.717, 1.165) is 49.3 Å². The molecule has 88 valence electrons. The van der Waals surface area contributed by atoms with E-state index >= 15 is 0 Å². The van der Waals surface area contributed by atoms with Crippen LogP contribution >= 0.6 is 11.8 Å². The maximum absolute atomic E-state index is 5.57. The Bertz CT molecular complexity index is 360. The fraction of sp³-hybridized carbons (Fsp3) is 0.800. The van der Waals surface area contributed by atoms with Crippen LogP contribution in [0.1, 0.15) is 24.1 Å². The molecule has 0 spiro atoms. The number of fused-ring (bicyclic) bond motifs is 1. The van der Waals surface area contributed by atoms with Gasteiger partial charge in [0.15, 0.2) is 5.82 Å². The zero-order valence-electron chi connectivity index (χ0n) is 9.19. The molecule has 0 aromatic carbocycles. The number of nitrogens with zero attached hydrogens (tertiary/aromatic N) is 3. The Hall–Kier alpha value is -0.590. The van der Waals surface area contributed by atoms with E-state index in [4.69, 9.17) is 4.74 Å². The molecule has 6 heteroatoms. The highest BCUT2D eigenvalue weighted by atomic mass is 32.2. The number of thioether (sulfide) groups is 1. The second kappa shape index (κ2) is 4.73. The van der Waals surface area contributed by atoms with Crippen molar-refractivity contribution >= 4 is 11.8 Å². The van der Waals surface area contributed by atoms with Crippen LogP contribution in [-0.2, 0) is 17.0 Å². The lowest BCUT2D eigenvalue weighted by atomic mass is 10.3. The Morgan fingerprint density at radius 2 is 2.44 bits per heavy atom. The van der Waals surface area contributed by atoms with E-state index in [0.29, 0.717) is 6.61 Å². The Balaban J connectivity index is 1.84. The predicted octanol–water partition coefficient (Wildman–Crippen LogP) is 0.576. The highest BCUT2D eigenvalue weighted by Crippen LogP contribution is 2.22. The van der Waals surface area contributed by atoms with Crippen molar-refractivity contribution in [2.75, 3.05) is 25.5 Å². The van der Waals surface area contributed by atoms with Gasteiger partial charge in [-0.25, -0.2) is 0 Å². The molecule has 1 aromatic rings. The number of hydrogen-bond acceptors (Lipinski definition) is 5. The molecule has 3 heterocycles. The van der Waals surface area contributed by atoms with Crippen LogP contribution in [0.15, 0.2) is 0 Å². The smallest absolute Gasteiger partial charge is 0.152 e. The first kappa shape index (κ1) is 10.6. The zero-order chi connectivity index (χ0) is 10.8. The topological polar surface area (TPSA) is 52.0 Å². The van der Waals surface area contributed by atoms with Crippen LogP contribution in [0.5, 0.6) is 0 Å². The summed E-state index contributed by atoms with van der Waals surface area (Å²) in [5, 5.41) is 12.1. The minimum absolute atomic E-state index is 0.215. The Morgan fingerprint density at radius 1 is 1.44 bits per heavy atom. The largest absolute Gasteiger partial charge is 0.379 e. The van der Waals surface area contributed by atoms with Gasteiger partial charge >= 0.3 is 0 Å². The molecule has 0 radical (unpaired) electrons. The van der Waals surface area contributed by atoms with Crippen molar-refractivity contribution < 1.29 is 4.74 Å². The molecule has 0 amide bonds. The van der Waals surface area contributed by atoms with Crippen LogP contribution in [0.25, 0.3) is 0 Å². The van der Waals surface area contributed by atoms with E-state index in [9.17, 15) is 0 Å². The average molecular weight is 240 g/mol. The monoisotopic (exact) mass is 240 g/mol. The van der Waals surface area contributed by atoms with Gasteiger partial charge in [0.25, 0.3) is 0 Å². The van der Waals surface area contributed by atoms with Gasteiger partial charge in [0.2, 0.25) is 0 Å². The first-order chi connectivity index (χ1) is 7.95. The summed E-state index contributed by atoms with van der Waals surface area (Å²) >= 11 is 1.93. The molecule has 1 saturated heterocycles. The quantitative estimate of drug-likeness (QED) is 0.778. The summed E-state index contributed by atoms with van der Waals surface area (Å²) in [5.74, 6) is 4.31. The van der Waals surface area contributed by atoms with Crippen LogP contribution in [-0.4, -0.2) is 40.3 Å². The van der Waals surface area contributed by atoms with E-state index in [-0.39, 0.29) is 6.04 Å². The summed E-state index contributed by atoms with van der Waals surface area (Å²) in [4.78, 5) is 0. The minimum atomic E-state index is 0.215. The summed E-state index contributed by atoms with van der Waals surface area (Å²) in [7, 11) is 0. The summed E-state index contributed by atoms with van der Waals surface area (Å²) in [6.45, 7) is 3.59. The molecule has 2 aliphatic heterocycles. The standard InChI is InChI=1S/C10H16N4OS/c1-2-11-8(6-15-4-1)10-13-12-9-7-16-5-3-14(9)10/h8,11H,1-7H2. The molecule has 0 aliphatic carbocycles. The lowest BCUT2D eigenvalue weighted by molar-refractivity contribution is 0.128. The van der Waals surface area contributed by atoms with E-state index in [1.165, 1.54) is 0 Å². The number of hydrogen-bond donors (Lipinski definition) is 1. The van der Waals surface area contributed by atoms with Crippen LogP contribution in [0.3, 0.4) is 0 Å². The number of ether oxygens (including phenoxy) is 1. The lowest BCUT2D eigenvalue weighted by Crippen LogP contribution is -2.28. The molecule has 5 nitrogen and oxygen atoms in total. The van der Waals surface area contributed by atoms with Crippen LogP contribution in [0.2, 0.25) is 0 Å². The van der Waals surface area contributed by atoms with E-state index < -0.39 is 0 Å².